The number of rotatable bonds is 9. The second-order valence-corrected chi connectivity index (χ2v) is 12.4. The minimum Gasteiger partial charge on any atom is -0.467 e. The second-order valence-electron chi connectivity index (χ2n) is 11.5. The first-order chi connectivity index (χ1) is 18.4. The fourth-order valence-electron chi connectivity index (χ4n) is 4.99. The van der Waals surface area contributed by atoms with Gasteiger partial charge in [-0.2, -0.15) is 9.61 Å². The number of ether oxygens (including phenoxy) is 3. The van der Waals surface area contributed by atoms with Crippen LogP contribution in [0.4, 0.5) is 5.82 Å². The number of benzene rings is 1. The zero-order valence-corrected chi connectivity index (χ0v) is 25.4. The molecule has 0 aliphatic carbocycles. The summed E-state index contributed by atoms with van der Waals surface area (Å²) in [5.74, 6) is 0.349. The van der Waals surface area contributed by atoms with Gasteiger partial charge in [-0.1, -0.05) is 41.1 Å². The topological polar surface area (TPSA) is 78.2 Å². The molecule has 2 aromatic heterocycles. The van der Waals surface area contributed by atoms with Crippen LogP contribution in [0, 0.1) is 12.3 Å². The third-order valence-corrected chi connectivity index (χ3v) is 7.52. The summed E-state index contributed by atoms with van der Waals surface area (Å²) >= 11 is 3.57. The number of fused-ring (bicyclic) bond motifs is 1. The van der Waals surface area contributed by atoms with Crippen molar-refractivity contribution >= 4 is 33.4 Å². The maximum absolute atomic E-state index is 13.2. The molecule has 0 amide bonds. The molecule has 0 saturated carbocycles. The van der Waals surface area contributed by atoms with Crippen molar-refractivity contribution in [3.05, 3.63) is 58.7 Å². The molecule has 210 valence electrons. The number of piperidine rings is 1. The summed E-state index contributed by atoms with van der Waals surface area (Å²) in [5, 5.41) is 5.01. The van der Waals surface area contributed by atoms with E-state index in [0.29, 0.717) is 30.1 Å². The summed E-state index contributed by atoms with van der Waals surface area (Å²) in [6, 6.07) is 10.0. The van der Waals surface area contributed by atoms with Gasteiger partial charge in [0, 0.05) is 34.9 Å². The van der Waals surface area contributed by atoms with Crippen LogP contribution in [-0.4, -0.2) is 59.6 Å². The van der Waals surface area contributed by atoms with E-state index >= 15 is 0 Å². The van der Waals surface area contributed by atoms with E-state index in [1.807, 2.05) is 62.5 Å². The average molecular weight is 600 g/mol. The van der Waals surface area contributed by atoms with E-state index in [9.17, 15) is 4.79 Å². The highest BCUT2D eigenvalue weighted by atomic mass is 79.9. The van der Waals surface area contributed by atoms with Gasteiger partial charge in [0.25, 0.3) is 0 Å². The Hall–Kier alpha value is -2.75. The van der Waals surface area contributed by atoms with E-state index in [1.54, 1.807) is 6.08 Å². The van der Waals surface area contributed by atoms with Crippen molar-refractivity contribution < 1.29 is 19.0 Å². The molecule has 0 unspecified atom stereocenters. The Kier molecular flexibility index (Phi) is 8.83. The minimum absolute atomic E-state index is 0.0517. The number of carbonyl (C=O) groups is 1. The molecule has 9 heteroatoms. The van der Waals surface area contributed by atoms with E-state index in [4.69, 9.17) is 24.3 Å². The summed E-state index contributed by atoms with van der Waals surface area (Å²) in [7, 11) is 1.39. The van der Waals surface area contributed by atoms with E-state index in [0.717, 1.165) is 47.5 Å². The van der Waals surface area contributed by atoms with Crippen LogP contribution in [-0.2, 0) is 19.0 Å². The number of carbonyl (C=O) groups excluding carboxylic acids is 1. The Bertz CT molecular complexity index is 1340. The van der Waals surface area contributed by atoms with Gasteiger partial charge in [0.05, 0.1) is 37.2 Å². The van der Waals surface area contributed by atoms with Gasteiger partial charge in [-0.25, -0.2) is 9.78 Å². The smallest absolute Gasteiger partial charge is 0.339 e. The number of aryl methyl sites for hydroxylation is 1. The van der Waals surface area contributed by atoms with Crippen molar-refractivity contribution in [1.82, 2.24) is 14.6 Å². The summed E-state index contributed by atoms with van der Waals surface area (Å²) < 4.78 is 20.2. The molecule has 1 saturated heterocycles. The molecule has 0 bridgehead atoms. The number of aromatic nitrogens is 3. The van der Waals surface area contributed by atoms with Crippen molar-refractivity contribution in [2.75, 3.05) is 38.3 Å². The zero-order valence-electron chi connectivity index (χ0n) is 23.8. The lowest BCUT2D eigenvalue weighted by atomic mass is 9.81. The van der Waals surface area contributed by atoms with Crippen molar-refractivity contribution in [3.8, 4) is 11.3 Å². The van der Waals surface area contributed by atoms with Crippen molar-refractivity contribution in [2.45, 2.75) is 59.2 Å². The molecule has 4 rings (SSSR count). The van der Waals surface area contributed by atoms with Crippen LogP contribution >= 0.6 is 15.9 Å². The molecule has 3 heterocycles. The first-order valence-electron chi connectivity index (χ1n) is 13.3. The highest BCUT2D eigenvalue weighted by Crippen LogP contribution is 2.40. The van der Waals surface area contributed by atoms with Gasteiger partial charge in [-0.3, -0.25) is 0 Å². The summed E-state index contributed by atoms with van der Waals surface area (Å²) in [5.41, 5.74) is 3.33. The van der Waals surface area contributed by atoms with E-state index in [2.05, 4.69) is 34.3 Å². The Balaban J connectivity index is 1.85. The lowest BCUT2D eigenvalue weighted by molar-refractivity contribution is -0.164. The van der Waals surface area contributed by atoms with Crippen LogP contribution in [0.3, 0.4) is 0 Å². The van der Waals surface area contributed by atoms with Gasteiger partial charge in [-0.05, 0) is 58.1 Å². The van der Waals surface area contributed by atoms with Crippen LogP contribution in [0.25, 0.3) is 16.9 Å². The average Bonchev–Trinajstić information content (AvgIpc) is 3.30. The largest absolute Gasteiger partial charge is 0.467 e. The Morgan fingerprint density at radius 3 is 2.59 bits per heavy atom. The standard InChI is InChI=1S/C30H39BrN4O4/c1-8-16-38-19-30(6)12-14-34(15-13-30)27-25(26(28(36)37-7)39-29(3,4)5)20(2)32-24-18-23(33-35(24)27)21-10-9-11-22(31)17-21/h8-11,17-18,26H,1,12-16,19H2,2-7H3/t26-/m0/s1. The normalized spacial score (nSPS) is 16.3. The molecular formula is C30H39BrN4O4. The minimum atomic E-state index is -0.954. The van der Waals surface area contributed by atoms with Crippen LogP contribution in [0.1, 0.15) is 57.9 Å². The predicted molar refractivity (Wildman–Crippen MR) is 157 cm³/mol. The van der Waals surface area contributed by atoms with Crippen molar-refractivity contribution in [3.63, 3.8) is 0 Å². The Labute approximate surface area is 239 Å². The van der Waals surface area contributed by atoms with Crippen molar-refractivity contribution in [2.24, 2.45) is 5.41 Å². The zero-order chi connectivity index (χ0) is 28.4. The molecular weight excluding hydrogens is 560 g/mol. The third kappa shape index (κ3) is 6.70. The van der Waals surface area contributed by atoms with Crippen LogP contribution < -0.4 is 4.90 Å². The molecule has 0 N–H and O–H groups in total. The van der Waals surface area contributed by atoms with Crippen LogP contribution in [0.5, 0.6) is 0 Å². The van der Waals surface area contributed by atoms with E-state index in [-0.39, 0.29) is 5.41 Å². The second kappa shape index (κ2) is 11.8. The molecule has 1 aromatic carbocycles. The summed E-state index contributed by atoms with van der Waals surface area (Å²) in [4.78, 5) is 20.4. The molecule has 1 fully saturated rings. The summed E-state index contributed by atoms with van der Waals surface area (Å²) in [6.45, 7) is 16.5. The predicted octanol–water partition coefficient (Wildman–Crippen LogP) is 6.31. The van der Waals surface area contributed by atoms with Gasteiger partial charge in [-0.15, -0.1) is 6.58 Å². The molecule has 0 radical (unpaired) electrons. The first kappa shape index (κ1) is 29.2. The molecule has 1 atom stereocenters. The van der Waals surface area contributed by atoms with E-state index in [1.165, 1.54) is 7.11 Å². The van der Waals surface area contributed by atoms with E-state index < -0.39 is 17.7 Å². The highest BCUT2D eigenvalue weighted by Gasteiger charge is 2.38. The number of hydrogen-bond acceptors (Lipinski definition) is 7. The highest BCUT2D eigenvalue weighted by molar-refractivity contribution is 9.10. The number of methoxy groups -OCH3 is 1. The monoisotopic (exact) mass is 598 g/mol. The molecule has 3 aromatic rings. The number of anilines is 1. The first-order valence-corrected chi connectivity index (χ1v) is 14.1. The SMILES string of the molecule is C=CCOCC1(C)CCN(c2c([C@H](OC(C)(C)C)C(=O)OC)c(C)nc3cc(-c4cccc(Br)c4)nn23)CC1. The lowest BCUT2D eigenvalue weighted by Crippen LogP contribution is -2.43. The molecule has 39 heavy (non-hydrogen) atoms. The quantitative estimate of drug-likeness (QED) is 0.162. The number of esters is 1. The van der Waals surface area contributed by atoms with Gasteiger partial charge >= 0.3 is 5.97 Å². The van der Waals surface area contributed by atoms with Crippen LogP contribution in [0.2, 0.25) is 0 Å². The van der Waals surface area contributed by atoms with Crippen LogP contribution in [0.15, 0.2) is 47.5 Å². The summed E-state index contributed by atoms with van der Waals surface area (Å²) in [6.07, 6.45) is 2.68. The van der Waals surface area contributed by atoms with Gasteiger partial charge in [0.1, 0.15) is 5.82 Å². The maximum Gasteiger partial charge on any atom is 0.339 e. The van der Waals surface area contributed by atoms with Gasteiger partial charge in [0.15, 0.2) is 11.8 Å². The molecule has 1 aliphatic heterocycles. The fourth-order valence-corrected chi connectivity index (χ4v) is 5.39. The molecule has 0 spiro atoms. The van der Waals surface area contributed by atoms with Gasteiger partial charge in [0.2, 0.25) is 0 Å². The number of halogens is 1. The molecule has 8 nitrogen and oxygen atoms in total. The maximum atomic E-state index is 13.2. The Morgan fingerprint density at radius 1 is 1.26 bits per heavy atom. The lowest BCUT2D eigenvalue weighted by Gasteiger charge is -2.41. The Morgan fingerprint density at radius 2 is 1.97 bits per heavy atom. The van der Waals surface area contributed by atoms with Crippen molar-refractivity contribution in [1.29, 1.82) is 0 Å². The number of nitrogens with zero attached hydrogens (tertiary/aromatic N) is 4. The number of hydrogen-bond donors (Lipinski definition) is 0. The third-order valence-electron chi connectivity index (χ3n) is 7.03. The fraction of sp³-hybridized carbons (Fsp3) is 0.500. The molecule has 1 aliphatic rings. The van der Waals surface area contributed by atoms with Gasteiger partial charge < -0.3 is 19.1 Å².